The van der Waals surface area contributed by atoms with Gasteiger partial charge in [-0.15, -0.1) is 0 Å². The maximum absolute atomic E-state index is 4.59. The highest BCUT2D eigenvalue weighted by atomic mass is 15.1. The third kappa shape index (κ3) is 4.60. The van der Waals surface area contributed by atoms with Crippen LogP contribution in [-0.2, 0) is 0 Å². The monoisotopic (exact) mass is 373 g/mol. The minimum atomic E-state index is 0.583. The molecule has 0 radical (unpaired) electrons. The summed E-state index contributed by atoms with van der Waals surface area (Å²) in [6.07, 6.45) is 5.69. The summed E-state index contributed by atoms with van der Waals surface area (Å²) in [5.74, 6) is 1.35. The molecule has 28 heavy (non-hydrogen) atoms. The molecule has 1 aliphatic heterocycles. The lowest BCUT2D eigenvalue weighted by molar-refractivity contribution is 0.578. The highest BCUT2D eigenvalue weighted by Crippen LogP contribution is 2.24. The molecule has 3 aromatic rings. The molecule has 0 spiro atoms. The second-order valence-corrected chi connectivity index (χ2v) is 7.49. The van der Waals surface area contributed by atoms with Gasteiger partial charge in [0.25, 0.3) is 0 Å². The van der Waals surface area contributed by atoms with Gasteiger partial charge >= 0.3 is 0 Å². The molecule has 0 atom stereocenters. The fourth-order valence-electron chi connectivity index (χ4n) is 3.72. The van der Waals surface area contributed by atoms with Crippen molar-refractivity contribution >= 4 is 28.8 Å². The standard InChI is InChI=1S/C23H27N5/c1-17-14-18(2)16-20(15-17)26-23-24-11-10-22(27-23)25-19-6-8-21(9-7-19)28-12-4-3-5-13-28/h6-11,14-16H,3-5,12-13H2,1-2H3,(H2,24,25,26,27). The molecule has 1 fully saturated rings. The van der Waals surface area contributed by atoms with E-state index in [9.17, 15) is 0 Å². The Balaban J connectivity index is 1.44. The van der Waals surface area contributed by atoms with Crippen LogP contribution in [0.2, 0.25) is 0 Å². The van der Waals surface area contributed by atoms with Gasteiger partial charge in [-0.05, 0) is 86.7 Å². The van der Waals surface area contributed by atoms with Gasteiger partial charge in [-0.3, -0.25) is 0 Å². The van der Waals surface area contributed by atoms with Gasteiger partial charge in [0.05, 0.1) is 0 Å². The van der Waals surface area contributed by atoms with Crippen molar-refractivity contribution in [2.45, 2.75) is 33.1 Å². The quantitative estimate of drug-likeness (QED) is 0.612. The van der Waals surface area contributed by atoms with Crippen molar-refractivity contribution in [3.8, 4) is 0 Å². The first-order valence-corrected chi connectivity index (χ1v) is 9.96. The molecule has 0 unspecified atom stereocenters. The zero-order valence-electron chi connectivity index (χ0n) is 16.6. The first-order valence-electron chi connectivity index (χ1n) is 9.96. The van der Waals surface area contributed by atoms with Crippen molar-refractivity contribution in [1.82, 2.24) is 9.97 Å². The van der Waals surface area contributed by atoms with E-state index in [1.165, 1.54) is 36.1 Å². The van der Waals surface area contributed by atoms with Crippen molar-refractivity contribution in [2.75, 3.05) is 28.6 Å². The Bertz CT molecular complexity index is 910. The van der Waals surface area contributed by atoms with Gasteiger partial charge in [0, 0.05) is 36.3 Å². The van der Waals surface area contributed by atoms with Crippen LogP contribution in [0.3, 0.4) is 0 Å². The van der Waals surface area contributed by atoms with Gasteiger partial charge in [0.2, 0.25) is 5.95 Å². The normalized spacial score (nSPS) is 14.0. The lowest BCUT2D eigenvalue weighted by atomic mass is 10.1. The third-order valence-corrected chi connectivity index (χ3v) is 4.99. The van der Waals surface area contributed by atoms with E-state index in [0.29, 0.717) is 5.95 Å². The van der Waals surface area contributed by atoms with E-state index < -0.39 is 0 Å². The van der Waals surface area contributed by atoms with E-state index in [1.807, 2.05) is 6.07 Å². The van der Waals surface area contributed by atoms with Gasteiger partial charge in [-0.1, -0.05) is 6.07 Å². The predicted molar refractivity (Wildman–Crippen MR) is 117 cm³/mol. The SMILES string of the molecule is Cc1cc(C)cc(Nc2nccc(Nc3ccc(N4CCCCC4)cc3)n2)c1. The lowest BCUT2D eigenvalue weighted by Gasteiger charge is -2.28. The first kappa shape index (κ1) is 18.3. The molecule has 0 saturated carbocycles. The van der Waals surface area contributed by atoms with Crippen LogP contribution < -0.4 is 15.5 Å². The fraction of sp³-hybridized carbons (Fsp3) is 0.304. The summed E-state index contributed by atoms with van der Waals surface area (Å²) in [5, 5.41) is 6.67. The van der Waals surface area contributed by atoms with E-state index in [-0.39, 0.29) is 0 Å². The Hall–Kier alpha value is -3.08. The number of piperidine rings is 1. The zero-order valence-corrected chi connectivity index (χ0v) is 16.6. The van der Waals surface area contributed by atoms with Gasteiger partial charge in [0.1, 0.15) is 5.82 Å². The Morgan fingerprint density at radius 3 is 2.21 bits per heavy atom. The van der Waals surface area contributed by atoms with Gasteiger partial charge in [-0.2, -0.15) is 4.98 Å². The minimum Gasteiger partial charge on any atom is -0.372 e. The van der Waals surface area contributed by atoms with Crippen LogP contribution in [0.25, 0.3) is 0 Å². The van der Waals surface area contributed by atoms with Crippen molar-refractivity contribution < 1.29 is 0 Å². The molecule has 2 aromatic carbocycles. The van der Waals surface area contributed by atoms with E-state index >= 15 is 0 Å². The summed E-state index contributed by atoms with van der Waals surface area (Å²) in [4.78, 5) is 11.4. The average Bonchev–Trinajstić information content (AvgIpc) is 2.69. The maximum Gasteiger partial charge on any atom is 0.229 e. The van der Waals surface area contributed by atoms with Crippen LogP contribution in [0.4, 0.5) is 28.8 Å². The Morgan fingerprint density at radius 1 is 0.786 bits per heavy atom. The Morgan fingerprint density at radius 2 is 1.50 bits per heavy atom. The number of hydrogen-bond donors (Lipinski definition) is 2. The van der Waals surface area contributed by atoms with Crippen molar-refractivity contribution in [2.24, 2.45) is 0 Å². The number of benzene rings is 2. The number of aromatic nitrogens is 2. The summed E-state index contributed by atoms with van der Waals surface area (Å²) < 4.78 is 0. The molecule has 5 heteroatoms. The topological polar surface area (TPSA) is 53.1 Å². The van der Waals surface area contributed by atoms with E-state index in [0.717, 1.165) is 30.3 Å². The van der Waals surface area contributed by atoms with E-state index in [1.54, 1.807) is 6.20 Å². The van der Waals surface area contributed by atoms with Crippen molar-refractivity contribution in [1.29, 1.82) is 0 Å². The van der Waals surface area contributed by atoms with Crippen LogP contribution in [-0.4, -0.2) is 23.1 Å². The summed E-state index contributed by atoms with van der Waals surface area (Å²) in [6, 6.07) is 16.8. The molecule has 5 nitrogen and oxygen atoms in total. The van der Waals surface area contributed by atoms with Crippen LogP contribution in [0.1, 0.15) is 30.4 Å². The molecule has 4 rings (SSSR count). The highest BCUT2D eigenvalue weighted by Gasteiger charge is 2.10. The van der Waals surface area contributed by atoms with Gasteiger partial charge < -0.3 is 15.5 Å². The average molecular weight is 374 g/mol. The molecule has 2 N–H and O–H groups in total. The minimum absolute atomic E-state index is 0.583. The molecule has 2 heterocycles. The van der Waals surface area contributed by atoms with Crippen LogP contribution in [0, 0.1) is 13.8 Å². The largest absolute Gasteiger partial charge is 0.372 e. The number of nitrogens with one attached hydrogen (secondary N) is 2. The number of hydrogen-bond acceptors (Lipinski definition) is 5. The molecule has 0 aliphatic carbocycles. The summed E-state index contributed by atoms with van der Waals surface area (Å²) >= 11 is 0. The molecule has 144 valence electrons. The summed E-state index contributed by atoms with van der Waals surface area (Å²) in [7, 11) is 0. The molecule has 1 aliphatic rings. The predicted octanol–water partition coefficient (Wildman–Crippen LogP) is 5.57. The number of nitrogens with zero attached hydrogens (tertiary/aromatic N) is 3. The fourth-order valence-corrected chi connectivity index (χ4v) is 3.72. The van der Waals surface area contributed by atoms with Crippen molar-refractivity contribution in [3.63, 3.8) is 0 Å². The Labute approximate surface area is 166 Å². The molecule has 0 bridgehead atoms. The first-order chi connectivity index (χ1) is 13.7. The zero-order chi connectivity index (χ0) is 19.3. The molecule has 1 saturated heterocycles. The number of rotatable bonds is 5. The molecule has 1 aromatic heterocycles. The van der Waals surface area contributed by atoms with Crippen LogP contribution >= 0.6 is 0 Å². The third-order valence-electron chi connectivity index (χ3n) is 4.99. The molecular formula is C23H27N5. The smallest absolute Gasteiger partial charge is 0.229 e. The van der Waals surface area contributed by atoms with Crippen molar-refractivity contribution in [3.05, 3.63) is 65.9 Å². The van der Waals surface area contributed by atoms with Gasteiger partial charge in [0.15, 0.2) is 0 Å². The second-order valence-electron chi connectivity index (χ2n) is 7.49. The molecule has 0 amide bonds. The van der Waals surface area contributed by atoms with Gasteiger partial charge in [-0.25, -0.2) is 4.98 Å². The lowest BCUT2D eigenvalue weighted by Crippen LogP contribution is -2.29. The van der Waals surface area contributed by atoms with Crippen LogP contribution in [0.5, 0.6) is 0 Å². The highest BCUT2D eigenvalue weighted by molar-refractivity contribution is 5.62. The van der Waals surface area contributed by atoms with E-state index in [2.05, 4.69) is 81.8 Å². The molecular weight excluding hydrogens is 346 g/mol. The number of anilines is 5. The van der Waals surface area contributed by atoms with E-state index in [4.69, 9.17) is 0 Å². The van der Waals surface area contributed by atoms with Crippen LogP contribution in [0.15, 0.2) is 54.7 Å². The maximum atomic E-state index is 4.59. The summed E-state index contributed by atoms with van der Waals surface area (Å²) in [5.41, 5.74) is 5.75. The Kier molecular flexibility index (Phi) is 5.42. The second kappa shape index (κ2) is 8.30. The summed E-state index contributed by atoms with van der Waals surface area (Å²) in [6.45, 7) is 6.49. The number of aryl methyl sites for hydroxylation is 2.